The van der Waals surface area contributed by atoms with Gasteiger partial charge in [-0.2, -0.15) is 9.40 Å². The van der Waals surface area contributed by atoms with E-state index in [1.807, 2.05) is 13.0 Å². The summed E-state index contributed by atoms with van der Waals surface area (Å²) in [6.07, 6.45) is 1.44. The van der Waals surface area contributed by atoms with Gasteiger partial charge in [-0.15, -0.1) is 0 Å². The van der Waals surface area contributed by atoms with E-state index >= 15 is 0 Å². The maximum Gasteiger partial charge on any atom is 0.257 e. The number of hydrogen-bond donors (Lipinski definition) is 1. The average Bonchev–Trinajstić information content (AvgIpc) is 3.25. The van der Waals surface area contributed by atoms with Gasteiger partial charge in [-0.3, -0.25) is 9.89 Å². The van der Waals surface area contributed by atoms with Crippen molar-refractivity contribution in [3.8, 4) is 11.3 Å². The maximum absolute atomic E-state index is 13.2. The fraction of sp³-hybridized carbons (Fsp3) is 0.273. The van der Waals surface area contributed by atoms with Crippen LogP contribution in [0.2, 0.25) is 0 Å². The Morgan fingerprint density at radius 2 is 1.71 bits per heavy atom. The van der Waals surface area contributed by atoms with Crippen molar-refractivity contribution < 1.29 is 17.6 Å². The number of aromatic amines is 1. The molecule has 4 rings (SSSR count). The molecule has 1 fully saturated rings. The number of nitrogens with one attached hydrogen (secondary N) is 1. The molecule has 0 saturated carbocycles. The van der Waals surface area contributed by atoms with Crippen LogP contribution in [0.4, 0.5) is 4.39 Å². The lowest BCUT2D eigenvalue weighted by atomic mass is 10.1. The second-order valence-corrected chi connectivity index (χ2v) is 9.54. The van der Waals surface area contributed by atoms with Gasteiger partial charge in [-0.25, -0.2) is 12.8 Å². The summed E-state index contributed by atoms with van der Waals surface area (Å²) in [7, 11) is -3.63. The molecule has 0 aliphatic carbocycles. The van der Waals surface area contributed by atoms with E-state index in [4.69, 9.17) is 0 Å². The number of carbonyl (C=O) groups excluding carboxylic acids is 1. The molecule has 0 unspecified atom stereocenters. The molecule has 0 spiro atoms. The third-order valence-corrected chi connectivity index (χ3v) is 7.53. The van der Waals surface area contributed by atoms with E-state index in [1.54, 1.807) is 36.1 Å². The summed E-state index contributed by atoms with van der Waals surface area (Å²) < 4.78 is 40.9. The number of halogens is 1. The van der Waals surface area contributed by atoms with Gasteiger partial charge in [0.1, 0.15) is 5.82 Å². The highest BCUT2D eigenvalue weighted by Gasteiger charge is 2.32. The third kappa shape index (κ3) is 4.11. The zero-order valence-corrected chi connectivity index (χ0v) is 18.1. The highest BCUT2D eigenvalue weighted by Crippen LogP contribution is 2.25. The van der Waals surface area contributed by atoms with Crippen molar-refractivity contribution in [3.05, 3.63) is 71.2 Å². The van der Waals surface area contributed by atoms with E-state index < -0.39 is 10.0 Å². The Labute approximate surface area is 180 Å². The lowest BCUT2D eigenvalue weighted by Crippen LogP contribution is -2.50. The van der Waals surface area contributed by atoms with Crippen LogP contribution < -0.4 is 0 Å². The molecule has 3 aromatic rings. The number of aryl methyl sites for hydroxylation is 2. The lowest BCUT2D eigenvalue weighted by molar-refractivity contribution is 0.0698. The monoisotopic (exact) mass is 442 g/mol. The molecule has 0 atom stereocenters. The Kier molecular flexibility index (Phi) is 5.63. The Bertz CT molecular complexity index is 1210. The molecule has 1 aliphatic heterocycles. The van der Waals surface area contributed by atoms with Gasteiger partial charge in [-0.05, 0) is 55.3 Å². The van der Waals surface area contributed by atoms with E-state index in [1.165, 1.54) is 22.6 Å². The summed E-state index contributed by atoms with van der Waals surface area (Å²) in [4.78, 5) is 15.0. The van der Waals surface area contributed by atoms with Gasteiger partial charge >= 0.3 is 0 Å². The molecule has 0 radical (unpaired) electrons. The van der Waals surface area contributed by atoms with Gasteiger partial charge in [0.2, 0.25) is 10.0 Å². The van der Waals surface area contributed by atoms with Gasteiger partial charge in [-0.1, -0.05) is 12.1 Å². The Morgan fingerprint density at radius 1 is 1.03 bits per heavy atom. The quantitative estimate of drug-likeness (QED) is 0.673. The fourth-order valence-electron chi connectivity index (χ4n) is 3.71. The molecule has 1 aliphatic rings. The van der Waals surface area contributed by atoms with E-state index in [0.29, 0.717) is 27.3 Å². The number of amides is 1. The third-order valence-electron chi connectivity index (χ3n) is 5.49. The second kappa shape index (κ2) is 8.24. The predicted molar refractivity (Wildman–Crippen MR) is 115 cm³/mol. The first-order valence-electron chi connectivity index (χ1n) is 9.93. The first-order valence-corrected chi connectivity index (χ1v) is 11.4. The summed E-state index contributed by atoms with van der Waals surface area (Å²) >= 11 is 0. The molecule has 1 aromatic heterocycles. The number of aromatic nitrogens is 2. The minimum Gasteiger partial charge on any atom is -0.336 e. The topological polar surface area (TPSA) is 86.4 Å². The number of carbonyl (C=O) groups is 1. The molecule has 2 heterocycles. The molecule has 0 bridgehead atoms. The van der Waals surface area contributed by atoms with Crippen LogP contribution in [0.15, 0.2) is 53.6 Å². The number of benzene rings is 2. The highest BCUT2D eigenvalue weighted by atomic mass is 32.2. The smallest absolute Gasteiger partial charge is 0.257 e. The first-order chi connectivity index (χ1) is 14.8. The molecule has 7 nitrogen and oxygen atoms in total. The Hall–Kier alpha value is -3.04. The lowest BCUT2D eigenvalue weighted by Gasteiger charge is -2.34. The van der Waals surface area contributed by atoms with Gasteiger partial charge in [0.05, 0.1) is 22.3 Å². The first kappa shape index (κ1) is 21.2. The van der Waals surface area contributed by atoms with Crippen molar-refractivity contribution in [3.63, 3.8) is 0 Å². The van der Waals surface area contributed by atoms with E-state index in [0.717, 1.165) is 5.56 Å². The van der Waals surface area contributed by atoms with Crippen molar-refractivity contribution in [2.24, 2.45) is 0 Å². The zero-order chi connectivity index (χ0) is 22.2. The number of sulfonamides is 1. The summed E-state index contributed by atoms with van der Waals surface area (Å²) in [6, 6.07) is 11.2. The molecular weight excluding hydrogens is 419 g/mol. The Balaban J connectivity index is 1.50. The highest BCUT2D eigenvalue weighted by molar-refractivity contribution is 7.89. The summed E-state index contributed by atoms with van der Waals surface area (Å²) in [5, 5.41) is 6.78. The summed E-state index contributed by atoms with van der Waals surface area (Å²) in [5.41, 5.74) is 3.11. The molecule has 1 saturated heterocycles. The van der Waals surface area contributed by atoms with Crippen LogP contribution >= 0.6 is 0 Å². The molecule has 1 amide bonds. The van der Waals surface area contributed by atoms with Crippen molar-refractivity contribution in [2.75, 3.05) is 26.2 Å². The predicted octanol–water partition coefficient (Wildman–Crippen LogP) is 2.98. The van der Waals surface area contributed by atoms with Crippen LogP contribution in [0, 0.1) is 19.7 Å². The SMILES string of the molecule is Cc1ccc(C)c(S(=O)(=O)N2CCN(C(=O)c3cn[nH]c3-c3ccc(F)cc3)CC2)c1. The zero-order valence-electron chi connectivity index (χ0n) is 17.3. The minimum atomic E-state index is -3.63. The largest absolute Gasteiger partial charge is 0.336 e. The number of piperazine rings is 1. The maximum atomic E-state index is 13.2. The fourth-order valence-corrected chi connectivity index (χ4v) is 5.44. The van der Waals surface area contributed by atoms with Crippen LogP contribution in [0.1, 0.15) is 21.5 Å². The number of nitrogens with zero attached hydrogens (tertiary/aromatic N) is 3. The summed E-state index contributed by atoms with van der Waals surface area (Å²) in [5.74, 6) is -0.603. The number of H-pyrrole nitrogens is 1. The van der Waals surface area contributed by atoms with Gasteiger partial charge in [0, 0.05) is 31.7 Å². The van der Waals surface area contributed by atoms with Crippen molar-refractivity contribution in [1.29, 1.82) is 0 Å². The van der Waals surface area contributed by atoms with Gasteiger partial charge < -0.3 is 4.90 Å². The number of hydrogen-bond acceptors (Lipinski definition) is 4. The molecule has 1 N–H and O–H groups in total. The molecular formula is C22H23FN4O3S. The molecule has 31 heavy (non-hydrogen) atoms. The average molecular weight is 443 g/mol. The number of rotatable bonds is 4. The summed E-state index contributed by atoms with van der Waals surface area (Å²) in [6.45, 7) is 4.62. The minimum absolute atomic E-state index is 0.213. The van der Waals surface area contributed by atoms with E-state index in [9.17, 15) is 17.6 Å². The van der Waals surface area contributed by atoms with Crippen LogP contribution in [0.5, 0.6) is 0 Å². The van der Waals surface area contributed by atoms with Gasteiger partial charge in [0.25, 0.3) is 5.91 Å². The van der Waals surface area contributed by atoms with Crippen molar-refractivity contribution in [2.45, 2.75) is 18.7 Å². The van der Waals surface area contributed by atoms with E-state index in [2.05, 4.69) is 10.2 Å². The molecule has 9 heteroatoms. The Morgan fingerprint density at radius 3 is 2.39 bits per heavy atom. The van der Waals surface area contributed by atoms with Crippen LogP contribution in [-0.2, 0) is 10.0 Å². The van der Waals surface area contributed by atoms with E-state index in [-0.39, 0.29) is 37.9 Å². The molecule has 162 valence electrons. The normalized spacial score (nSPS) is 15.3. The van der Waals surface area contributed by atoms with Crippen LogP contribution in [0.25, 0.3) is 11.3 Å². The van der Waals surface area contributed by atoms with Crippen molar-refractivity contribution in [1.82, 2.24) is 19.4 Å². The molecule has 2 aromatic carbocycles. The van der Waals surface area contributed by atoms with Crippen molar-refractivity contribution >= 4 is 15.9 Å². The van der Waals surface area contributed by atoms with Crippen LogP contribution in [0.3, 0.4) is 0 Å². The second-order valence-electron chi connectivity index (χ2n) is 7.63. The van der Waals surface area contributed by atoms with Gasteiger partial charge in [0.15, 0.2) is 0 Å². The standard InChI is InChI=1S/C22H23FN4O3S/c1-15-3-4-16(2)20(13-15)31(29,30)27-11-9-26(10-12-27)22(28)19-14-24-25-21(19)17-5-7-18(23)8-6-17/h3-8,13-14H,9-12H2,1-2H3,(H,24,25). The van der Waals surface area contributed by atoms with Crippen LogP contribution in [-0.4, -0.2) is 59.9 Å².